The molecule has 0 saturated heterocycles. The molecule has 0 aliphatic carbocycles. The van der Waals surface area contributed by atoms with Gasteiger partial charge >= 0.3 is 0 Å². The molecule has 0 fully saturated rings. The fourth-order valence-electron chi connectivity index (χ4n) is 2.41. The lowest BCUT2D eigenvalue weighted by Crippen LogP contribution is -2.23. The lowest BCUT2D eigenvalue weighted by Gasteiger charge is -2.11. The Morgan fingerprint density at radius 3 is 2.78 bits per heavy atom. The zero-order chi connectivity index (χ0) is 16.4. The number of Topliss-reactive ketones (excluding diaryl/α,β-unsaturated/α-hetero) is 1. The molecule has 5 heteroatoms. The van der Waals surface area contributed by atoms with Crippen molar-refractivity contribution in [1.82, 2.24) is 4.57 Å². The average Bonchev–Trinajstić information content (AvgIpc) is 3.04. The number of nitrogens with zero attached hydrogens (tertiary/aromatic N) is 1. The highest BCUT2D eigenvalue weighted by atomic mass is 32.1. The van der Waals surface area contributed by atoms with Crippen LogP contribution in [0.25, 0.3) is 10.8 Å². The number of pyridine rings is 1. The molecule has 0 unspecified atom stereocenters. The van der Waals surface area contributed by atoms with Gasteiger partial charge in [-0.05, 0) is 54.9 Å². The maximum atomic E-state index is 12.5. The van der Waals surface area contributed by atoms with Crippen LogP contribution >= 0.6 is 11.3 Å². The van der Waals surface area contributed by atoms with Gasteiger partial charge in [-0.25, -0.2) is 0 Å². The standard InChI is InChI=1S/C18H17NO3S/c1-12(2)22-14-5-6-15-13(10-14)7-8-19(18(15)21)11-16(20)17-4-3-9-23-17/h3-10,12H,11H2,1-2H3. The van der Waals surface area contributed by atoms with Crippen LogP contribution in [0.2, 0.25) is 0 Å². The Morgan fingerprint density at radius 2 is 2.09 bits per heavy atom. The van der Waals surface area contributed by atoms with Crippen molar-refractivity contribution in [3.8, 4) is 5.75 Å². The van der Waals surface area contributed by atoms with E-state index in [0.29, 0.717) is 10.3 Å². The first kappa shape index (κ1) is 15.5. The lowest BCUT2D eigenvalue weighted by molar-refractivity contribution is 0.0975. The highest BCUT2D eigenvalue weighted by molar-refractivity contribution is 7.12. The summed E-state index contributed by atoms with van der Waals surface area (Å²) in [5.74, 6) is 0.681. The molecule has 23 heavy (non-hydrogen) atoms. The number of benzene rings is 1. The maximum Gasteiger partial charge on any atom is 0.258 e. The summed E-state index contributed by atoms with van der Waals surface area (Å²) in [5, 5.41) is 3.25. The van der Waals surface area contributed by atoms with Crippen molar-refractivity contribution in [2.24, 2.45) is 0 Å². The SMILES string of the molecule is CC(C)Oc1ccc2c(=O)n(CC(=O)c3cccs3)ccc2c1. The van der Waals surface area contributed by atoms with Crippen LogP contribution in [0.15, 0.2) is 52.8 Å². The molecule has 2 aromatic heterocycles. The number of ether oxygens (including phenoxy) is 1. The van der Waals surface area contributed by atoms with Gasteiger partial charge in [-0.15, -0.1) is 11.3 Å². The number of ketones is 1. The van der Waals surface area contributed by atoms with Crippen molar-refractivity contribution in [2.45, 2.75) is 26.5 Å². The van der Waals surface area contributed by atoms with Gasteiger partial charge in [-0.2, -0.15) is 0 Å². The van der Waals surface area contributed by atoms with Gasteiger partial charge in [0.1, 0.15) is 5.75 Å². The van der Waals surface area contributed by atoms with E-state index in [9.17, 15) is 9.59 Å². The van der Waals surface area contributed by atoms with Crippen molar-refractivity contribution < 1.29 is 9.53 Å². The number of hydrogen-bond donors (Lipinski definition) is 0. The number of fused-ring (bicyclic) bond motifs is 1. The molecule has 0 N–H and O–H groups in total. The molecular formula is C18H17NO3S. The van der Waals surface area contributed by atoms with Crippen LogP contribution in [-0.4, -0.2) is 16.5 Å². The Hall–Kier alpha value is -2.40. The van der Waals surface area contributed by atoms with Crippen molar-refractivity contribution in [2.75, 3.05) is 0 Å². The monoisotopic (exact) mass is 327 g/mol. The molecule has 3 rings (SSSR count). The molecule has 0 bridgehead atoms. The third kappa shape index (κ3) is 3.35. The second kappa shape index (κ2) is 6.38. The van der Waals surface area contributed by atoms with E-state index >= 15 is 0 Å². The molecule has 118 valence electrons. The van der Waals surface area contributed by atoms with Crippen LogP contribution in [0.5, 0.6) is 5.75 Å². The second-order valence-corrected chi connectivity index (χ2v) is 6.51. The zero-order valence-electron chi connectivity index (χ0n) is 13.0. The largest absolute Gasteiger partial charge is 0.491 e. The van der Waals surface area contributed by atoms with Gasteiger partial charge in [0.15, 0.2) is 5.78 Å². The van der Waals surface area contributed by atoms with E-state index < -0.39 is 0 Å². The number of rotatable bonds is 5. The Bertz CT molecular complexity index is 894. The summed E-state index contributed by atoms with van der Waals surface area (Å²) in [7, 11) is 0. The van der Waals surface area contributed by atoms with Gasteiger partial charge in [-0.3, -0.25) is 9.59 Å². The zero-order valence-corrected chi connectivity index (χ0v) is 13.8. The third-order valence-electron chi connectivity index (χ3n) is 3.43. The van der Waals surface area contributed by atoms with Crippen molar-refractivity contribution in [3.05, 3.63) is 63.2 Å². The summed E-state index contributed by atoms with van der Waals surface area (Å²) in [5.41, 5.74) is -0.163. The smallest absolute Gasteiger partial charge is 0.258 e. The Kier molecular flexibility index (Phi) is 4.30. The first-order chi connectivity index (χ1) is 11.0. The van der Waals surface area contributed by atoms with Crippen LogP contribution in [0.3, 0.4) is 0 Å². The molecule has 0 amide bonds. The fourth-order valence-corrected chi connectivity index (χ4v) is 3.06. The quantitative estimate of drug-likeness (QED) is 0.671. The third-order valence-corrected chi connectivity index (χ3v) is 4.34. The fraction of sp³-hybridized carbons (Fsp3) is 0.222. The van der Waals surface area contributed by atoms with Crippen LogP contribution in [-0.2, 0) is 6.54 Å². The van der Waals surface area contributed by atoms with E-state index in [4.69, 9.17) is 4.74 Å². The topological polar surface area (TPSA) is 48.3 Å². The Morgan fingerprint density at radius 1 is 1.26 bits per heavy atom. The van der Waals surface area contributed by atoms with Crippen molar-refractivity contribution >= 4 is 27.9 Å². The number of hydrogen-bond acceptors (Lipinski definition) is 4. The highest BCUT2D eigenvalue weighted by Crippen LogP contribution is 2.19. The molecule has 0 atom stereocenters. The molecule has 0 spiro atoms. The van der Waals surface area contributed by atoms with E-state index in [1.165, 1.54) is 15.9 Å². The van der Waals surface area contributed by atoms with Crippen LogP contribution in [0.4, 0.5) is 0 Å². The summed E-state index contributed by atoms with van der Waals surface area (Å²) in [6, 6.07) is 10.8. The predicted octanol–water partition coefficient (Wildman–Crippen LogP) is 3.73. The van der Waals surface area contributed by atoms with E-state index in [2.05, 4.69) is 0 Å². The Balaban J connectivity index is 1.93. The first-order valence-corrected chi connectivity index (χ1v) is 8.29. The number of thiophene rings is 1. The maximum absolute atomic E-state index is 12.5. The minimum atomic E-state index is -0.163. The van der Waals surface area contributed by atoms with Crippen molar-refractivity contribution in [3.63, 3.8) is 0 Å². The summed E-state index contributed by atoms with van der Waals surface area (Å²) >= 11 is 1.39. The van der Waals surface area contributed by atoms with Crippen LogP contribution in [0, 0.1) is 0 Å². The molecular weight excluding hydrogens is 310 g/mol. The summed E-state index contributed by atoms with van der Waals surface area (Å²) in [6.45, 7) is 3.97. The molecule has 3 aromatic rings. The van der Waals surface area contributed by atoms with E-state index in [1.807, 2.05) is 37.4 Å². The second-order valence-electron chi connectivity index (χ2n) is 5.56. The highest BCUT2D eigenvalue weighted by Gasteiger charge is 2.11. The van der Waals surface area contributed by atoms with E-state index in [0.717, 1.165) is 11.1 Å². The molecule has 4 nitrogen and oxygen atoms in total. The van der Waals surface area contributed by atoms with E-state index in [1.54, 1.807) is 24.4 Å². The number of carbonyl (C=O) groups is 1. The molecule has 0 aliphatic heterocycles. The molecule has 1 aromatic carbocycles. The molecule has 0 saturated carbocycles. The molecule has 0 aliphatic rings. The van der Waals surface area contributed by atoms with Gasteiger partial charge in [-0.1, -0.05) is 6.07 Å². The van der Waals surface area contributed by atoms with Gasteiger partial charge in [0.25, 0.3) is 5.56 Å². The minimum absolute atomic E-state index is 0.0544. The lowest BCUT2D eigenvalue weighted by atomic mass is 10.1. The molecule has 0 radical (unpaired) electrons. The normalized spacial score (nSPS) is 11.1. The number of aromatic nitrogens is 1. The Labute approximate surface area is 138 Å². The van der Waals surface area contributed by atoms with Gasteiger partial charge in [0.05, 0.1) is 17.5 Å². The van der Waals surface area contributed by atoms with Gasteiger partial charge in [0.2, 0.25) is 0 Å². The number of carbonyl (C=O) groups excluding carboxylic acids is 1. The van der Waals surface area contributed by atoms with Gasteiger partial charge in [0, 0.05) is 11.6 Å². The minimum Gasteiger partial charge on any atom is -0.491 e. The first-order valence-electron chi connectivity index (χ1n) is 7.41. The van der Waals surface area contributed by atoms with Gasteiger partial charge < -0.3 is 9.30 Å². The summed E-state index contributed by atoms with van der Waals surface area (Å²) in [6.07, 6.45) is 1.74. The van der Waals surface area contributed by atoms with E-state index in [-0.39, 0.29) is 24.0 Å². The predicted molar refractivity (Wildman–Crippen MR) is 92.6 cm³/mol. The van der Waals surface area contributed by atoms with Crippen molar-refractivity contribution in [1.29, 1.82) is 0 Å². The average molecular weight is 327 g/mol. The van der Waals surface area contributed by atoms with Crippen LogP contribution < -0.4 is 10.3 Å². The summed E-state index contributed by atoms with van der Waals surface area (Å²) in [4.78, 5) is 25.4. The molecule has 2 heterocycles. The van der Waals surface area contributed by atoms with Crippen LogP contribution in [0.1, 0.15) is 23.5 Å². The summed E-state index contributed by atoms with van der Waals surface area (Å²) < 4.78 is 7.10.